The molecule has 10 heteroatoms. The zero-order chi connectivity index (χ0) is 24.2. The number of nitrogens with zero attached hydrogens (tertiary/aromatic N) is 1. The molecule has 2 aromatic heterocycles. The van der Waals surface area contributed by atoms with Crippen LogP contribution in [0.2, 0.25) is 0 Å². The van der Waals surface area contributed by atoms with E-state index in [0.717, 1.165) is 16.2 Å². The van der Waals surface area contributed by atoms with Gasteiger partial charge in [-0.15, -0.1) is 0 Å². The average Bonchev–Trinajstić information content (AvgIpc) is 3.46. The summed E-state index contributed by atoms with van der Waals surface area (Å²) >= 11 is 0. The number of benzene rings is 2. The number of carbonyl (C=O) groups is 2. The summed E-state index contributed by atoms with van der Waals surface area (Å²) in [7, 11) is 0. The van der Waals surface area contributed by atoms with E-state index in [1.165, 1.54) is 18.3 Å². The van der Waals surface area contributed by atoms with Crippen molar-refractivity contribution < 1.29 is 33.0 Å². The van der Waals surface area contributed by atoms with Gasteiger partial charge in [0.1, 0.15) is 0 Å². The number of rotatable bonds is 5. The van der Waals surface area contributed by atoms with Crippen molar-refractivity contribution in [1.82, 2.24) is 14.9 Å². The molecule has 7 nitrogen and oxygen atoms in total. The van der Waals surface area contributed by atoms with Crippen molar-refractivity contribution in [2.75, 3.05) is 6.61 Å². The number of halogens is 3. The molecule has 3 heterocycles. The van der Waals surface area contributed by atoms with E-state index < -0.39 is 36.3 Å². The number of amides is 2. The summed E-state index contributed by atoms with van der Waals surface area (Å²) in [6, 6.07) is 10.7. The van der Waals surface area contributed by atoms with E-state index in [1.54, 1.807) is 30.5 Å². The molecule has 1 atom stereocenters. The molecule has 2 amide bonds. The topological polar surface area (TPSA) is 107 Å². The Labute approximate surface area is 190 Å². The van der Waals surface area contributed by atoms with Crippen LogP contribution in [0.4, 0.5) is 13.2 Å². The first kappa shape index (κ1) is 21.9. The van der Waals surface area contributed by atoms with Gasteiger partial charge in [-0.3, -0.25) is 14.9 Å². The quantitative estimate of drug-likeness (QED) is 0.337. The second kappa shape index (κ2) is 7.86. The molecule has 34 heavy (non-hydrogen) atoms. The fourth-order valence-electron chi connectivity index (χ4n) is 4.46. The minimum atomic E-state index is -4.71. The molecular formula is C24H18F3N3O4. The summed E-state index contributed by atoms with van der Waals surface area (Å²) in [4.78, 5) is 28.8. The van der Waals surface area contributed by atoms with Gasteiger partial charge in [-0.25, -0.2) is 0 Å². The monoisotopic (exact) mass is 469 g/mol. The number of aliphatic hydroxyl groups is 2. The molecule has 2 aromatic carbocycles. The molecule has 0 radical (unpaired) electrons. The number of imide groups is 1. The number of hydrogen-bond donors (Lipinski definition) is 4. The highest BCUT2D eigenvalue weighted by molar-refractivity contribution is 6.50. The summed E-state index contributed by atoms with van der Waals surface area (Å²) < 4.78 is 42.7. The number of aliphatic hydroxyl groups excluding tert-OH is 2. The Balaban J connectivity index is 1.84. The van der Waals surface area contributed by atoms with Crippen LogP contribution in [0, 0.1) is 0 Å². The molecule has 1 aliphatic heterocycles. The first-order valence-electron chi connectivity index (χ1n) is 10.4. The van der Waals surface area contributed by atoms with Gasteiger partial charge in [0.2, 0.25) is 0 Å². The Morgan fingerprint density at radius 1 is 0.941 bits per heavy atom. The first-order valence-corrected chi connectivity index (χ1v) is 10.4. The lowest BCUT2D eigenvalue weighted by Gasteiger charge is -2.14. The van der Waals surface area contributed by atoms with Gasteiger partial charge in [-0.05, 0) is 12.1 Å². The Hall–Kier alpha value is -3.89. The van der Waals surface area contributed by atoms with E-state index in [1.807, 2.05) is 0 Å². The van der Waals surface area contributed by atoms with Gasteiger partial charge < -0.3 is 19.8 Å². The van der Waals surface area contributed by atoms with Crippen LogP contribution in [-0.2, 0) is 22.3 Å². The van der Waals surface area contributed by atoms with Gasteiger partial charge in [-0.1, -0.05) is 30.3 Å². The van der Waals surface area contributed by atoms with Crippen LogP contribution in [-0.4, -0.2) is 44.3 Å². The minimum absolute atomic E-state index is 0.0432. The third-order valence-electron chi connectivity index (χ3n) is 5.88. The molecule has 0 fully saturated rings. The largest absolute Gasteiger partial charge is 0.418 e. The summed E-state index contributed by atoms with van der Waals surface area (Å²) in [5.74, 6) is -1.39. The predicted molar refractivity (Wildman–Crippen MR) is 118 cm³/mol. The van der Waals surface area contributed by atoms with Crippen LogP contribution >= 0.6 is 0 Å². The van der Waals surface area contributed by atoms with Gasteiger partial charge in [0.05, 0.1) is 41.5 Å². The molecule has 4 aromatic rings. The van der Waals surface area contributed by atoms with E-state index in [2.05, 4.69) is 10.3 Å². The maximum Gasteiger partial charge on any atom is 0.418 e. The van der Waals surface area contributed by atoms with E-state index in [9.17, 15) is 33.0 Å². The number of para-hydroxylation sites is 2. The molecule has 0 aliphatic carbocycles. The number of carbonyl (C=O) groups excluding carboxylic acids is 2. The highest BCUT2D eigenvalue weighted by atomic mass is 19.4. The van der Waals surface area contributed by atoms with Crippen molar-refractivity contribution in [2.24, 2.45) is 0 Å². The molecule has 1 aliphatic rings. The number of H-pyrrole nitrogens is 1. The van der Waals surface area contributed by atoms with Crippen LogP contribution < -0.4 is 5.32 Å². The van der Waals surface area contributed by atoms with Crippen molar-refractivity contribution in [2.45, 2.75) is 18.8 Å². The number of alkyl halides is 3. The van der Waals surface area contributed by atoms with Crippen LogP contribution in [0.5, 0.6) is 0 Å². The third kappa shape index (κ3) is 3.39. The number of aromatic amines is 1. The molecule has 4 N–H and O–H groups in total. The highest BCUT2D eigenvalue weighted by Crippen LogP contribution is 2.42. The first-order chi connectivity index (χ1) is 16.2. The molecule has 1 unspecified atom stereocenters. The molecule has 0 spiro atoms. The zero-order valence-corrected chi connectivity index (χ0v) is 17.5. The van der Waals surface area contributed by atoms with Crippen LogP contribution in [0.1, 0.15) is 16.7 Å². The SMILES string of the molecule is O=C1NC(=O)C(c2cn(CC(O)CO)c3c(C(F)(F)F)cccc23)=C1c1c[nH]c2ccccc12. The molecule has 0 saturated carbocycles. The van der Waals surface area contributed by atoms with Crippen molar-refractivity contribution in [3.63, 3.8) is 0 Å². The number of aromatic nitrogens is 2. The van der Waals surface area contributed by atoms with Crippen LogP contribution in [0.3, 0.4) is 0 Å². The molecule has 5 rings (SSSR count). The Morgan fingerprint density at radius 2 is 1.62 bits per heavy atom. The van der Waals surface area contributed by atoms with Crippen LogP contribution in [0.15, 0.2) is 54.9 Å². The van der Waals surface area contributed by atoms with Crippen molar-refractivity contribution in [1.29, 1.82) is 0 Å². The minimum Gasteiger partial charge on any atom is -0.394 e. The average molecular weight is 469 g/mol. The second-order valence-electron chi connectivity index (χ2n) is 8.01. The number of hydrogen-bond acceptors (Lipinski definition) is 4. The van der Waals surface area contributed by atoms with Crippen molar-refractivity contribution in [3.05, 3.63) is 71.5 Å². The van der Waals surface area contributed by atoms with Gasteiger partial charge in [-0.2, -0.15) is 13.2 Å². The van der Waals surface area contributed by atoms with E-state index in [0.29, 0.717) is 10.9 Å². The third-order valence-corrected chi connectivity index (χ3v) is 5.88. The second-order valence-corrected chi connectivity index (χ2v) is 8.01. The number of fused-ring (bicyclic) bond motifs is 2. The summed E-state index contributed by atoms with van der Waals surface area (Å²) in [6.07, 6.45) is -3.15. The van der Waals surface area contributed by atoms with Crippen LogP contribution in [0.25, 0.3) is 33.0 Å². The van der Waals surface area contributed by atoms with Gasteiger partial charge in [0, 0.05) is 39.8 Å². The Bertz CT molecular complexity index is 1500. The lowest BCUT2D eigenvalue weighted by atomic mass is 9.95. The Kier molecular flexibility index (Phi) is 5.07. The van der Waals surface area contributed by atoms with Gasteiger partial charge in [0.25, 0.3) is 11.8 Å². The van der Waals surface area contributed by atoms with E-state index in [-0.39, 0.29) is 34.2 Å². The van der Waals surface area contributed by atoms with Gasteiger partial charge >= 0.3 is 6.18 Å². The molecule has 0 saturated heterocycles. The fourth-order valence-corrected chi connectivity index (χ4v) is 4.46. The van der Waals surface area contributed by atoms with E-state index >= 15 is 0 Å². The van der Waals surface area contributed by atoms with Gasteiger partial charge in [0.15, 0.2) is 0 Å². The number of nitrogens with one attached hydrogen (secondary N) is 2. The maximum absolute atomic E-state index is 13.8. The zero-order valence-electron chi connectivity index (χ0n) is 17.5. The maximum atomic E-state index is 13.8. The smallest absolute Gasteiger partial charge is 0.394 e. The molecule has 174 valence electrons. The van der Waals surface area contributed by atoms with Crippen molar-refractivity contribution in [3.8, 4) is 0 Å². The lowest BCUT2D eigenvalue weighted by Crippen LogP contribution is -2.22. The standard InChI is InChI=1S/C24H18F3N3O4/c25-24(26,27)17-6-3-5-14-16(10-30(21(14)17)9-12(32)11-31)20-19(22(33)29-23(20)34)15-8-28-18-7-2-1-4-13(15)18/h1-8,10,12,28,31-32H,9,11H2,(H,29,33,34). The summed E-state index contributed by atoms with van der Waals surface area (Å²) in [6.45, 7) is -1.00. The van der Waals surface area contributed by atoms with Crippen molar-refractivity contribution >= 4 is 44.8 Å². The molecular weight excluding hydrogens is 451 g/mol. The summed E-state index contributed by atoms with van der Waals surface area (Å²) in [5, 5.41) is 22.2. The lowest BCUT2D eigenvalue weighted by molar-refractivity contribution is -0.136. The normalized spacial score (nSPS) is 15.6. The highest BCUT2D eigenvalue weighted by Gasteiger charge is 2.38. The predicted octanol–water partition coefficient (Wildman–Crippen LogP) is 3.06. The van der Waals surface area contributed by atoms with E-state index in [4.69, 9.17) is 0 Å². The molecule has 0 bridgehead atoms. The fraction of sp³-hybridized carbons (Fsp3) is 0.167. The Morgan fingerprint density at radius 3 is 2.32 bits per heavy atom. The summed E-state index contributed by atoms with van der Waals surface area (Å²) in [5.41, 5.74) is 0.0603.